The second-order valence-electron chi connectivity index (χ2n) is 6.35. The van der Waals surface area contributed by atoms with E-state index in [4.69, 9.17) is 0 Å². The lowest BCUT2D eigenvalue weighted by Crippen LogP contribution is -2.04. The molecule has 2 rings (SSSR count). The number of benzene rings is 1. The molecular weight excluding hydrogens is 439 g/mol. The van der Waals surface area contributed by atoms with Crippen LogP contribution in [-0.4, -0.2) is 29.9 Å². The van der Waals surface area contributed by atoms with E-state index in [1.54, 1.807) is 0 Å². The molecule has 0 fully saturated rings. The van der Waals surface area contributed by atoms with Crippen LogP contribution in [0.2, 0.25) is 0 Å². The summed E-state index contributed by atoms with van der Waals surface area (Å²) in [6, 6.07) is 5.49. The zero-order valence-corrected chi connectivity index (χ0v) is 21.3. The van der Waals surface area contributed by atoms with Crippen LogP contribution in [0, 0.1) is 0 Å². The lowest BCUT2D eigenvalue weighted by atomic mass is 10.3. The topological polar surface area (TPSA) is 64.3 Å². The number of imidazole rings is 1. The maximum Gasteiger partial charge on any atom is 0.434 e. The van der Waals surface area contributed by atoms with Crippen LogP contribution in [0.1, 0.15) is 67.5 Å². The highest BCUT2D eigenvalue weighted by atomic mass is 32.2. The summed E-state index contributed by atoms with van der Waals surface area (Å²) >= 11 is 0. The predicted octanol–water partition coefficient (Wildman–Crippen LogP) is 7.13. The van der Waals surface area contributed by atoms with Crippen molar-refractivity contribution in [2.75, 3.05) is 6.26 Å². The van der Waals surface area contributed by atoms with E-state index in [0.29, 0.717) is 5.69 Å². The molecule has 9 heteroatoms. The second-order valence-corrected chi connectivity index (χ2v) is 8.37. The average molecular weight is 476 g/mol. The van der Waals surface area contributed by atoms with Crippen LogP contribution in [0.4, 0.5) is 13.2 Å². The maximum absolute atomic E-state index is 12.4. The van der Waals surface area contributed by atoms with Gasteiger partial charge in [0.25, 0.3) is 0 Å². The van der Waals surface area contributed by atoms with Gasteiger partial charge in [0.15, 0.2) is 15.5 Å². The molecule has 1 heterocycles. The van der Waals surface area contributed by atoms with Crippen molar-refractivity contribution in [1.29, 1.82) is 0 Å². The molecule has 0 unspecified atom stereocenters. The fourth-order valence-corrected chi connectivity index (χ4v) is 2.44. The summed E-state index contributed by atoms with van der Waals surface area (Å²) in [5, 5.41) is 0. The molecule has 0 aliphatic rings. The summed E-state index contributed by atoms with van der Waals surface area (Å²) in [4.78, 5) is 7.56. The molecule has 0 radical (unpaired) electrons. The number of sulfone groups is 1. The largest absolute Gasteiger partial charge is 0.434 e. The third kappa shape index (κ3) is 12.4. The first kappa shape index (κ1) is 31.8. The molecule has 0 saturated carbocycles. The Hall–Kier alpha value is -2.42. The molecule has 1 aromatic heterocycles. The fourth-order valence-electron chi connectivity index (χ4n) is 1.81. The third-order valence-electron chi connectivity index (χ3n) is 3.49. The Kier molecular flexibility index (Phi) is 15.3. The van der Waals surface area contributed by atoms with Gasteiger partial charge in [0.1, 0.15) is 0 Å². The first-order chi connectivity index (χ1) is 14.8. The Morgan fingerprint density at radius 1 is 1.06 bits per heavy atom. The van der Waals surface area contributed by atoms with Crippen molar-refractivity contribution in [2.45, 2.75) is 72.9 Å². The number of alkyl halides is 3. The molecule has 1 aromatic carbocycles. The molecule has 0 N–H and O–H groups in total. The summed E-state index contributed by atoms with van der Waals surface area (Å²) in [6.45, 7) is 16.2. The summed E-state index contributed by atoms with van der Waals surface area (Å²) in [5.41, 5.74) is 1.84. The number of hydrogen-bond acceptors (Lipinski definition) is 4. The van der Waals surface area contributed by atoms with Crippen molar-refractivity contribution in [1.82, 2.24) is 9.55 Å². The van der Waals surface area contributed by atoms with Crippen LogP contribution in [0.15, 0.2) is 58.5 Å². The van der Waals surface area contributed by atoms with E-state index < -0.39 is 21.7 Å². The quantitative estimate of drug-likeness (QED) is 0.442. The minimum Gasteiger partial charge on any atom is -0.306 e. The minimum absolute atomic E-state index is 0.104. The number of aliphatic imine (C=N–C) groups is 1. The van der Waals surface area contributed by atoms with Crippen LogP contribution in [0.5, 0.6) is 0 Å². The highest BCUT2D eigenvalue weighted by Gasteiger charge is 2.33. The van der Waals surface area contributed by atoms with Crippen molar-refractivity contribution >= 4 is 15.5 Å². The van der Waals surface area contributed by atoms with E-state index in [9.17, 15) is 21.6 Å². The first-order valence-corrected chi connectivity index (χ1v) is 12.3. The van der Waals surface area contributed by atoms with Crippen molar-refractivity contribution in [2.24, 2.45) is 4.99 Å². The van der Waals surface area contributed by atoms with E-state index in [-0.39, 0.29) is 4.90 Å². The van der Waals surface area contributed by atoms with Gasteiger partial charge in [-0.1, -0.05) is 40.2 Å². The number of hydrogen-bond donors (Lipinski definition) is 0. The summed E-state index contributed by atoms with van der Waals surface area (Å²) in [7, 11) is -3.32. The van der Waals surface area contributed by atoms with Crippen molar-refractivity contribution in [3.05, 3.63) is 54.3 Å². The molecule has 2 aromatic rings. The van der Waals surface area contributed by atoms with Gasteiger partial charge in [0.2, 0.25) is 0 Å². The molecule has 0 aliphatic heterocycles. The summed E-state index contributed by atoms with van der Waals surface area (Å²) in [6.07, 6.45) is 1.37. The molecule has 0 atom stereocenters. The normalized spacial score (nSPS) is 11.1. The van der Waals surface area contributed by atoms with Gasteiger partial charge in [-0.05, 0) is 51.5 Å². The minimum atomic E-state index is -4.50. The SMILES string of the molecule is CC.CC.CCC(C)=NC=C(C)C.CS(=O)(=O)c1ccc(-n2cnc(C(F)(F)F)c2)cc1. The Morgan fingerprint density at radius 2 is 1.56 bits per heavy atom. The molecule has 0 amide bonds. The van der Waals surface area contributed by atoms with Crippen LogP contribution < -0.4 is 0 Å². The van der Waals surface area contributed by atoms with Crippen LogP contribution >= 0.6 is 0 Å². The van der Waals surface area contributed by atoms with Gasteiger partial charge >= 0.3 is 6.18 Å². The van der Waals surface area contributed by atoms with E-state index in [1.165, 1.54) is 40.1 Å². The van der Waals surface area contributed by atoms with Crippen LogP contribution in [0.25, 0.3) is 5.69 Å². The standard InChI is InChI=1S/C11H9F3N2O2S.C8H15N.2C2H6/c1-19(17,18)9-4-2-8(3-5-9)16-6-10(15-7-16)11(12,13)14;1-5-8(4)9-6-7(2)3;2*1-2/h2-7H,1H3;6H,5H2,1-4H3;2*1-2H3. The van der Waals surface area contributed by atoms with Crippen molar-refractivity contribution in [3.63, 3.8) is 0 Å². The number of rotatable bonds is 4. The summed E-state index contributed by atoms with van der Waals surface area (Å²) in [5.74, 6) is 0. The molecule has 182 valence electrons. The summed E-state index contributed by atoms with van der Waals surface area (Å²) < 4.78 is 60.8. The van der Waals surface area contributed by atoms with E-state index in [1.807, 2.05) is 54.7 Å². The van der Waals surface area contributed by atoms with Crippen molar-refractivity contribution < 1.29 is 21.6 Å². The number of aromatic nitrogens is 2. The van der Waals surface area contributed by atoms with Gasteiger partial charge < -0.3 is 4.57 Å². The lowest BCUT2D eigenvalue weighted by molar-refractivity contribution is -0.140. The van der Waals surface area contributed by atoms with E-state index >= 15 is 0 Å². The zero-order valence-electron chi connectivity index (χ0n) is 20.4. The number of halogens is 3. The van der Waals surface area contributed by atoms with Gasteiger partial charge in [-0.2, -0.15) is 13.2 Å². The Labute approximate surface area is 191 Å². The Bertz CT molecular complexity index is 940. The fraction of sp³-hybridized carbons (Fsp3) is 0.478. The van der Waals surface area contributed by atoms with Gasteiger partial charge in [0, 0.05) is 30.1 Å². The predicted molar refractivity (Wildman–Crippen MR) is 127 cm³/mol. The Balaban J connectivity index is 0. The molecule has 5 nitrogen and oxygen atoms in total. The highest BCUT2D eigenvalue weighted by Crippen LogP contribution is 2.28. The maximum atomic E-state index is 12.4. The second kappa shape index (κ2) is 15.4. The van der Waals surface area contributed by atoms with Gasteiger partial charge in [-0.15, -0.1) is 0 Å². The number of nitrogens with zero attached hydrogens (tertiary/aromatic N) is 3. The third-order valence-corrected chi connectivity index (χ3v) is 4.62. The molecular formula is C23H36F3N3O2S. The highest BCUT2D eigenvalue weighted by molar-refractivity contribution is 7.90. The molecule has 32 heavy (non-hydrogen) atoms. The first-order valence-electron chi connectivity index (χ1n) is 10.4. The average Bonchev–Trinajstić information content (AvgIpc) is 3.26. The number of allylic oxidation sites excluding steroid dienone is 1. The molecule has 0 bridgehead atoms. The van der Waals surface area contributed by atoms with Gasteiger partial charge in [-0.3, -0.25) is 4.99 Å². The van der Waals surface area contributed by atoms with Crippen molar-refractivity contribution in [3.8, 4) is 5.69 Å². The van der Waals surface area contributed by atoms with E-state index in [2.05, 4.69) is 16.9 Å². The zero-order chi connectivity index (χ0) is 25.5. The van der Waals surface area contributed by atoms with Gasteiger partial charge in [-0.25, -0.2) is 13.4 Å². The lowest BCUT2D eigenvalue weighted by Gasteiger charge is -2.04. The van der Waals surface area contributed by atoms with Crippen LogP contribution in [-0.2, 0) is 16.0 Å². The monoisotopic (exact) mass is 475 g/mol. The smallest absolute Gasteiger partial charge is 0.306 e. The Morgan fingerprint density at radius 3 is 1.91 bits per heavy atom. The van der Waals surface area contributed by atoms with Gasteiger partial charge in [0.05, 0.1) is 11.2 Å². The molecule has 0 spiro atoms. The molecule has 0 aliphatic carbocycles. The van der Waals surface area contributed by atoms with Crippen LogP contribution in [0.3, 0.4) is 0 Å². The van der Waals surface area contributed by atoms with E-state index in [0.717, 1.165) is 25.2 Å². The molecule has 0 saturated heterocycles.